The molecule has 0 unspecified atom stereocenters. The average molecular weight is 563 g/mol. The number of carbonyl (C=O) groups excluding carboxylic acids is 1. The van der Waals surface area contributed by atoms with E-state index in [1.165, 1.54) is 6.20 Å². The molecule has 0 saturated heterocycles. The molecule has 1 heterocycles. The van der Waals surface area contributed by atoms with Gasteiger partial charge >= 0.3 is 0 Å². The summed E-state index contributed by atoms with van der Waals surface area (Å²) in [5.41, 5.74) is 11.9. The number of benzene rings is 3. The zero-order chi connectivity index (χ0) is 28.6. The predicted molar refractivity (Wildman–Crippen MR) is 159 cm³/mol. The van der Waals surface area contributed by atoms with Gasteiger partial charge in [0.05, 0.1) is 35.7 Å². The minimum atomic E-state index is -2.46. The second-order valence-corrected chi connectivity index (χ2v) is 10.0. The molecule has 0 atom stereocenters. The van der Waals surface area contributed by atoms with Crippen molar-refractivity contribution in [2.24, 2.45) is 5.73 Å². The Hall–Kier alpha value is -4.31. The molecule has 4 rings (SSSR count). The van der Waals surface area contributed by atoms with Crippen LogP contribution in [-0.4, -0.2) is 32.5 Å². The third kappa shape index (κ3) is 6.63. The van der Waals surface area contributed by atoms with Gasteiger partial charge in [-0.1, -0.05) is 31.2 Å². The van der Waals surface area contributed by atoms with Gasteiger partial charge in [0, 0.05) is 35.6 Å². The summed E-state index contributed by atoms with van der Waals surface area (Å²) in [7, 11) is -2.46. The first-order valence-corrected chi connectivity index (χ1v) is 14.5. The van der Waals surface area contributed by atoms with Crippen LogP contribution < -0.4 is 25.8 Å². The molecule has 0 saturated carbocycles. The van der Waals surface area contributed by atoms with E-state index in [4.69, 9.17) is 15.2 Å². The number of nitrogens with two attached hydrogens (primary N) is 1. The summed E-state index contributed by atoms with van der Waals surface area (Å²) < 4.78 is 33.6. The highest BCUT2D eigenvalue weighted by molar-refractivity contribution is 7.71. The number of amides is 1. The lowest BCUT2D eigenvalue weighted by molar-refractivity contribution is 0.100. The smallest absolute Gasteiger partial charge is 0.252 e. The fraction of sp³-hybridized carbons (Fsp3) is 0.267. The quantitative estimate of drug-likeness (QED) is 0.164. The van der Waals surface area contributed by atoms with E-state index >= 15 is 0 Å². The standard InChI is InChI=1S/C30H34N4O5S/c1-4-22-20(16-32-21-12-10-19(11-13-21)18-40(36)37)8-7-9-25(22)34-29-23-14-27(38-5-2)28(39-6-3)15-26(23)33-17-24(29)30(31)35/h7-15,17,32,40H,4-6,16,18H2,1-3H3,(H2,31,35)(H,33,34). The van der Waals surface area contributed by atoms with E-state index in [9.17, 15) is 13.2 Å². The molecule has 4 N–H and O–H groups in total. The Kier molecular flexibility index (Phi) is 9.44. The molecule has 0 aliphatic carbocycles. The number of nitrogens with zero attached hydrogens (tertiary/aromatic N) is 1. The molecule has 1 amide bonds. The number of thiol groups is 1. The molecule has 0 aliphatic heterocycles. The van der Waals surface area contributed by atoms with Gasteiger partial charge in [-0.05, 0) is 61.2 Å². The van der Waals surface area contributed by atoms with Crippen molar-refractivity contribution in [2.75, 3.05) is 23.8 Å². The second kappa shape index (κ2) is 13.2. The number of hydrogen-bond donors (Lipinski definition) is 4. The van der Waals surface area contributed by atoms with Gasteiger partial charge in [0.25, 0.3) is 5.91 Å². The van der Waals surface area contributed by atoms with Crippen LogP contribution >= 0.6 is 0 Å². The summed E-state index contributed by atoms with van der Waals surface area (Å²) in [5, 5.41) is 7.58. The Morgan fingerprint density at radius 1 is 0.975 bits per heavy atom. The first-order chi connectivity index (χ1) is 19.3. The van der Waals surface area contributed by atoms with Crippen molar-refractivity contribution in [2.45, 2.75) is 39.5 Å². The summed E-state index contributed by atoms with van der Waals surface area (Å²) in [5.74, 6) is 0.577. The van der Waals surface area contributed by atoms with Gasteiger partial charge in [0.1, 0.15) is 10.7 Å². The number of fused-ring (bicyclic) bond motifs is 1. The summed E-state index contributed by atoms with van der Waals surface area (Å²) in [6, 6.07) is 17.0. The lowest BCUT2D eigenvalue weighted by Gasteiger charge is -2.20. The van der Waals surface area contributed by atoms with E-state index in [-0.39, 0.29) is 11.3 Å². The molecule has 4 aromatic rings. The molecule has 0 aliphatic rings. The Bertz CT molecular complexity index is 1580. The van der Waals surface area contributed by atoms with Gasteiger partial charge < -0.3 is 25.8 Å². The van der Waals surface area contributed by atoms with Crippen LogP contribution in [0, 0.1) is 0 Å². The van der Waals surface area contributed by atoms with Gasteiger partial charge in [-0.15, -0.1) is 0 Å². The topological polar surface area (TPSA) is 133 Å². The number of pyridine rings is 1. The molecule has 9 nitrogen and oxygen atoms in total. The van der Waals surface area contributed by atoms with Gasteiger partial charge in [-0.2, -0.15) is 0 Å². The molecule has 1 aromatic heterocycles. The fourth-order valence-electron chi connectivity index (χ4n) is 4.60. The number of carbonyl (C=O) groups is 1. The molecule has 0 radical (unpaired) electrons. The number of primary amides is 1. The van der Waals surface area contributed by atoms with Gasteiger partial charge in [0.2, 0.25) is 0 Å². The summed E-state index contributed by atoms with van der Waals surface area (Å²) in [6.07, 6.45) is 2.22. The molecule has 0 bridgehead atoms. The molecular weight excluding hydrogens is 528 g/mol. The summed E-state index contributed by atoms with van der Waals surface area (Å²) >= 11 is 0. The monoisotopic (exact) mass is 562 g/mol. The van der Waals surface area contributed by atoms with Crippen molar-refractivity contribution in [1.29, 1.82) is 0 Å². The van der Waals surface area contributed by atoms with Crippen LogP contribution in [0.3, 0.4) is 0 Å². The molecular formula is C30H34N4O5S. The van der Waals surface area contributed by atoms with Crippen molar-refractivity contribution in [1.82, 2.24) is 4.98 Å². The van der Waals surface area contributed by atoms with Crippen LogP contribution in [0.5, 0.6) is 11.5 Å². The van der Waals surface area contributed by atoms with Crippen molar-refractivity contribution >= 4 is 44.6 Å². The normalized spacial score (nSPS) is 11.0. The SMILES string of the molecule is CCOc1cc2ncc(C(N)=O)c(Nc3cccc(CNc4ccc(C[SH](=O)=O)cc4)c3CC)c2cc1OCC. The van der Waals surface area contributed by atoms with E-state index in [2.05, 4.69) is 28.6 Å². The number of aromatic nitrogens is 1. The number of nitrogens with one attached hydrogen (secondary N) is 2. The van der Waals surface area contributed by atoms with E-state index in [0.29, 0.717) is 47.8 Å². The molecule has 210 valence electrons. The number of hydrogen-bond acceptors (Lipinski definition) is 8. The predicted octanol–water partition coefficient (Wildman–Crippen LogP) is 5.16. The molecule has 10 heteroatoms. The highest BCUT2D eigenvalue weighted by Gasteiger charge is 2.18. The zero-order valence-electron chi connectivity index (χ0n) is 22.8. The van der Waals surface area contributed by atoms with Crippen LogP contribution in [0.25, 0.3) is 10.9 Å². The van der Waals surface area contributed by atoms with Crippen LogP contribution in [-0.2, 0) is 29.4 Å². The minimum absolute atomic E-state index is 0.0271. The maximum Gasteiger partial charge on any atom is 0.252 e. The zero-order valence-corrected chi connectivity index (χ0v) is 23.7. The summed E-state index contributed by atoms with van der Waals surface area (Å²) in [4.78, 5) is 16.9. The van der Waals surface area contributed by atoms with E-state index in [1.54, 1.807) is 18.2 Å². The van der Waals surface area contributed by atoms with Crippen LogP contribution in [0.2, 0.25) is 0 Å². The maximum absolute atomic E-state index is 12.4. The van der Waals surface area contributed by atoms with Crippen LogP contribution in [0.1, 0.15) is 47.8 Å². The Balaban J connectivity index is 1.69. The third-order valence-corrected chi connectivity index (χ3v) is 7.06. The highest BCUT2D eigenvalue weighted by atomic mass is 32.2. The van der Waals surface area contributed by atoms with Gasteiger partial charge in [0.15, 0.2) is 11.5 Å². The van der Waals surface area contributed by atoms with Crippen molar-refractivity contribution in [3.63, 3.8) is 0 Å². The average Bonchev–Trinajstić information content (AvgIpc) is 2.93. The Morgan fingerprint density at radius 2 is 1.68 bits per heavy atom. The minimum Gasteiger partial charge on any atom is -0.490 e. The number of rotatable bonds is 13. The molecule has 3 aromatic carbocycles. The van der Waals surface area contributed by atoms with Crippen LogP contribution in [0.15, 0.2) is 60.8 Å². The third-order valence-electron chi connectivity index (χ3n) is 6.43. The largest absolute Gasteiger partial charge is 0.490 e. The van der Waals surface area contributed by atoms with E-state index in [0.717, 1.165) is 34.5 Å². The lowest BCUT2D eigenvalue weighted by Crippen LogP contribution is -2.15. The maximum atomic E-state index is 12.4. The van der Waals surface area contributed by atoms with Crippen molar-refractivity contribution in [3.8, 4) is 11.5 Å². The lowest BCUT2D eigenvalue weighted by atomic mass is 10.0. The fourth-order valence-corrected chi connectivity index (χ4v) is 5.11. The number of ether oxygens (including phenoxy) is 2. The molecule has 0 spiro atoms. The Morgan fingerprint density at radius 3 is 2.30 bits per heavy atom. The van der Waals surface area contributed by atoms with Crippen molar-refractivity contribution < 1.29 is 22.7 Å². The first-order valence-electron chi connectivity index (χ1n) is 13.2. The summed E-state index contributed by atoms with van der Waals surface area (Å²) in [6.45, 7) is 7.35. The second-order valence-electron chi connectivity index (χ2n) is 9.06. The first kappa shape index (κ1) is 28.7. The molecule has 0 fully saturated rings. The molecule has 40 heavy (non-hydrogen) atoms. The van der Waals surface area contributed by atoms with Crippen molar-refractivity contribution in [3.05, 3.63) is 83.0 Å². The van der Waals surface area contributed by atoms with E-state index < -0.39 is 16.6 Å². The van der Waals surface area contributed by atoms with E-state index in [1.807, 2.05) is 44.2 Å². The Labute approximate surface area is 235 Å². The number of anilines is 3. The van der Waals surface area contributed by atoms with Gasteiger partial charge in [-0.25, -0.2) is 8.42 Å². The van der Waals surface area contributed by atoms with Gasteiger partial charge in [-0.3, -0.25) is 9.78 Å². The highest BCUT2D eigenvalue weighted by Crippen LogP contribution is 2.38. The van der Waals surface area contributed by atoms with Crippen LogP contribution in [0.4, 0.5) is 17.1 Å².